The lowest BCUT2D eigenvalue weighted by molar-refractivity contribution is 1.17. The second kappa shape index (κ2) is 14.1. The Labute approximate surface area is 338 Å². The van der Waals surface area contributed by atoms with Gasteiger partial charge in [-0.15, -0.1) is 0 Å². The van der Waals surface area contributed by atoms with E-state index >= 15 is 0 Å². The van der Waals surface area contributed by atoms with Crippen molar-refractivity contribution in [1.29, 1.82) is 0 Å². The molecule has 0 N–H and O–H groups in total. The Bertz CT molecular complexity index is 3200. The van der Waals surface area contributed by atoms with Gasteiger partial charge in [-0.3, -0.25) is 0 Å². The van der Waals surface area contributed by atoms with E-state index < -0.39 is 0 Å². The normalized spacial score (nSPS) is 11.4. The van der Waals surface area contributed by atoms with Gasteiger partial charge in [0.25, 0.3) is 0 Å². The first-order valence-electron chi connectivity index (χ1n) is 19.9. The van der Waals surface area contributed by atoms with Gasteiger partial charge >= 0.3 is 0 Å². The molecule has 0 aliphatic carbocycles. The van der Waals surface area contributed by atoms with Gasteiger partial charge in [-0.05, 0) is 116 Å². The predicted octanol–water partition coefficient (Wildman–Crippen LogP) is 15.6. The summed E-state index contributed by atoms with van der Waals surface area (Å²) < 4.78 is 2.38. The number of hydrogen-bond acceptors (Lipinski definition) is 1. The van der Waals surface area contributed by atoms with Crippen molar-refractivity contribution < 1.29 is 0 Å². The molecule has 0 aliphatic rings. The summed E-state index contributed by atoms with van der Waals surface area (Å²) in [4.78, 5) is 2.38. The lowest BCUT2D eigenvalue weighted by Gasteiger charge is -2.27. The number of nitrogens with zero attached hydrogens (tertiary/aromatic N) is 2. The molecule has 2 heteroatoms. The smallest absolute Gasteiger partial charge is 0.0541 e. The SMILES string of the molecule is c1ccc(-c2ccc(N(c3ccc(-n4c5ccccc5c5ccccc54)cc3)c3cccc(-c4cccc5cccc(-c6cccc7ccccc67)c45)c3)cc2)cc1. The summed E-state index contributed by atoms with van der Waals surface area (Å²) in [6.45, 7) is 0. The third-order valence-electron chi connectivity index (χ3n) is 11.6. The predicted molar refractivity (Wildman–Crippen MR) is 247 cm³/mol. The number of fused-ring (bicyclic) bond motifs is 5. The quantitative estimate of drug-likeness (QED) is 0.158. The highest BCUT2D eigenvalue weighted by atomic mass is 15.1. The molecular weight excluding hydrogens is 701 g/mol. The molecule has 0 amide bonds. The summed E-state index contributed by atoms with van der Waals surface area (Å²) >= 11 is 0. The van der Waals surface area contributed by atoms with Crippen LogP contribution in [0.3, 0.4) is 0 Å². The summed E-state index contributed by atoms with van der Waals surface area (Å²) in [6.07, 6.45) is 0. The zero-order valence-corrected chi connectivity index (χ0v) is 31.8. The fraction of sp³-hybridized carbons (Fsp3) is 0. The molecule has 11 rings (SSSR count). The first-order valence-corrected chi connectivity index (χ1v) is 19.9. The molecule has 0 saturated carbocycles. The van der Waals surface area contributed by atoms with Crippen LogP contribution in [0.4, 0.5) is 17.1 Å². The Morgan fingerprint density at radius 2 is 0.793 bits per heavy atom. The van der Waals surface area contributed by atoms with Crippen LogP contribution in [0.2, 0.25) is 0 Å². The van der Waals surface area contributed by atoms with Crippen LogP contribution >= 0.6 is 0 Å². The number of para-hydroxylation sites is 2. The summed E-state index contributed by atoms with van der Waals surface area (Å²) in [5.41, 5.74) is 14.1. The van der Waals surface area contributed by atoms with Crippen LogP contribution in [0, 0.1) is 0 Å². The molecule has 1 heterocycles. The fourth-order valence-corrected chi connectivity index (χ4v) is 8.91. The highest BCUT2D eigenvalue weighted by Gasteiger charge is 2.18. The molecular formula is C56H38N2. The van der Waals surface area contributed by atoms with Crippen molar-refractivity contribution in [3.8, 4) is 39.1 Å². The van der Waals surface area contributed by atoms with Crippen LogP contribution in [-0.4, -0.2) is 4.57 Å². The van der Waals surface area contributed by atoms with Gasteiger partial charge in [-0.2, -0.15) is 0 Å². The number of anilines is 3. The minimum atomic E-state index is 1.09. The van der Waals surface area contributed by atoms with Gasteiger partial charge in [0.05, 0.1) is 11.0 Å². The van der Waals surface area contributed by atoms with E-state index in [-0.39, 0.29) is 0 Å². The van der Waals surface area contributed by atoms with Crippen molar-refractivity contribution in [3.05, 3.63) is 231 Å². The zero-order chi connectivity index (χ0) is 38.4. The van der Waals surface area contributed by atoms with Crippen LogP contribution in [0.15, 0.2) is 231 Å². The topological polar surface area (TPSA) is 8.17 Å². The molecule has 11 aromatic rings. The van der Waals surface area contributed by atoms with Crippen LogP contribution < -0.4 is 4.90 Å². The Kier molecular flexibility index (Phi) is 8.19. The number of hydrogen-bond donors (Lipinski definition) is 0. The lowest BCUT2D eigenvalue weighted by Crippen LogP contribution is -2.10. The summed E-state index contributed by atoms with van der Waals surface area (Å²) in [5.74, 6) is 0. The molecule has 0 unspecified atom stereocenters. The van der Waals surface area contributed by atoms with Crippen LogP contribution in [0.25, 0.3) is 82.4 Å². The van der Waals surface area contributed by atoms with Gasteiger partial charge in [0, 0.05) is 33.5 Å². The first kappa shape index (κ1) is 33.6. The van der Waals surface area contributed by atoms with E-state index in [9.17, 15) is 0 Å². The molecule has 10 aromatic carbocycles. The number of benzene rings is 10. The Hall–Kier alpha value is -7.68. The monoisotopic (exact) mass is 738 g/mol. The molecule has 58 heavy (non-hydrogen) atoms. The van der Waals surface area contributed by atoms with Crippen molar-refractivity contribution in [1.82, 2.24) is 4.57 Å². The van der Waals surface area contributed by atoms with Crippen molar-refractivity contribution in [3.63, 3.8) is 0 Å². The van der Waals surface area contributed by atoms with Crippen LogP contribution in [0.1, 0.15) is 0 Å². The van der Waals surface area contributed by atoms with Gasteiger partial charge in [-0.1, -0.05) is 170 Å². The molecule has 1 aromatic heterocycles. The van der Waals surface area contributed by atoms with Crippen molar-refractivity contribution in [2.75, 3.05) is 4.90 Å². The van der Waals surface area contributed by atoms with Gasteiger partial charge in [0.15, 0.2) is 0 Å². The Balaban J connectivity index is 1.06. The van der Waals surface area contributed by atoms with E-state index in [0.717, 1.165) is 22.7 Å². The summed E-state index contributed by atoms with van der Waals surface area (Å²) in [6, 6.07) is 83.7. The van der Waals surface area contributed by atoms with E-state index in [4.69, 9.17) is 0 Å². The largest absolute Gasteiger partial charge is 0.310 e. The second-order valence-corrected chi connectivity index (χ2v) is 14.9. The zero-order valence-electron chi connectivity index (χ0n) is 31.8. The van der Waals surface area contributed by atoms with Crippen molar-refractivity contribution in [2.45, 2.75) is 0 Å². The van der Waals surface area contributed by atoms with Gasteiger partial charge in [0.2, 0.25) is 0 Å². The molecule has 0 fully saturated rings. The molecule has 0 saturated heterocycles. The fourth-order valence-electron chi connectivity index (χ4n) is 8.91. The number of aromatic nitrogens is 1. The van der Waals surface area contributed by atoms with E-state index in [1.54, 1.807) is 0 Å². The van der Waals surface area contributed by atoms with E-state index in [1.807, 2.05) is 0 Å². The second-order valence-electron chi connectivity index (χ2n) is 14.9. The minimum absolute atomic E-state index is 1.09. The molecule has 2 nitrogen and oxygen atoms in total. The summed E-state index contributed by atoms with van der Waals surface area (Å²) in [7, 11) is 0. The average Bonchev–Trinajstić information content (AvgIpc) is 3.64. The maximum Gasteiger partial charge on any atom is 0.0541 e. The Morgan fingerprint density at radius 1 is 0.293 bits per heavy atom. The van der Waals surface area contributed by atoms with E-state index in [0.29, 0.717) is 0 Å². The van der Waals surface area contributed by atoms with Crippen LogP contribution in [0.5, 0.6) is 0 Å². The highest BCUT2D eigenvalue weighted by molar-refractivity contribution is 6.11. The molecule has 0 bridgehead atoms. The molecule has 272 valence electrons. The minimum Gasteiger partial charge on any atom is -0.310 e. The maximum atomic E-state index is 2.38. The molecule has 0 atom stereocenters. The average molecular weight is 739 g/mol. The van der Waals surface area contributed by atoms with Gasteiger partial charge in [-0.25, -0.2) is 0 Å². The third-order valence-corrected chi connectivity index (χ3v) is 11.6. The highest BCUT2D eigenvalue weighted by Crippen LogP contribution is 2.43. The van der Waals surface area contributed by atoms with Crippen molar-refractivity contribution in [2.24, 2.45) is 0 Å². The van der Waals surface area contributed by atoms with Crippen molar-refractivity contribution >= 4 is 60.4 Å². The maximum absolute atomic E-state index is 2.38. The van der Waals surface area contributed by atoms with E-state index in [2.05, 4.69) is 240 Å². The molecule has 0 radical (unpaired) electrons. The molecule has 0 aliphatic heterocycles. The summed E-state index contributed by atoms with van der Waals surface area (Å²) in [5, 5.41) is 7.51. The first-order chi connectivity index (χ1) is 28.8. The standard InChI is InChI=1S/C56H38N2/c1-2-14-39(15-3-1)40-30-32-44(33-31-40)57(45-34-36-46(37-35-45)58-54-28-8-6-23-51(54)52-24-7-9-29-55(52)58)47-21-10-20-43(38-47)49-25-12-18-42-19-13-27-53(56(42)49)50-26-11-17-41-16-4-5-22-48(41)50/h1-38H. The molecule has 0 spiro atoms. The lowest BCUT2D eigenvalue weighted by atomic mass is 9.89. The van der Waals surface area contributed by atoms with Crippen LogP contribution in [-0.2, 0) is 0 Å². The third kappa shape index (κ3) is 5.74. The Morgan fingerprint density at radius 3 is 1.50 bits per heavy atom. The van der Waals surface area contributed by atoms with Gasteiger partial charge < -0.3 is 9.47 Å². The number of rotatable bonds is 7. The van der Waals surface area contributed by atoms with Gasteiger partial charge in [0.1, 0.15) is 0 Å². The van der Waals surface area contributed by atoms with E-state index in [1.165, 1.54) is 76.7 Å².